The molecule has 0 heterocycles. The molecule has 2 aliphatic rings. The predicted octanol–water partition coefficient (Wildman–Crippen LogP) is 6.72. The van der Waals surface area contributed by atoms with Crippen LogP contribution in [0.2, 0.25) is 0 Å². The van der Waals surface area contributed by atoms with E-state index in [1.54, 1.807) is 6.07 Å². The minimum absolute atomic E-state index is 0.240. The van der Waals surface area contributed by atoms with Crippen LogP contribution in [0.15, 0.2) is 12.1 Å². The first kappa shape index (κ1) is 18.4. The summed E-state index contributed by atoms with van der Waals surface area (Å²) in [7, 11) is 0. The van der Waals surface area contributed by atoms with Crippen molar-refractivity contribution in [2.45, 2.75) is 77.0 Å². The first-order valence-electron chi connectivity index (χ1n) is 10.0. The van der Waals surface area contributed by atoms with E-state index in [1.807, 2.05) is 0 Å². The molecule has 1 nitrogen and oxygen atoms in total. The summed E-state index contributed by atoms with van der Waals surface area (Å²) in [6.07, 6.45) is 12.6. The van der Waals surface area contributed by atoms with E-state index < -0.39 is 17.2 Å². The molecule has 1 aromatic carbocycles. The molecule has 0 atom stereocenters. The molecule has 0 unspecified atom stereocenters. The van der Waals surface area contributed by atoms with Crippen molar-refractivity contribution in [3.05, 3.63) is 34.9 Å². The van der Waals surface area contributed by atoms with Crippen LogP contribution in [-0.4, -0.2) is 0 Å². The highest BCUT2D eigenvalue weighted by molar-refractivity contribution is 5.36. The van der Waals surface area contributed by atoms with Crippen molar-refractivity contribution in [1.82, 2.24) is 0 Å². The van der Waals surface area contributed by atoms with E-state index in [4.69, 9.17) is 5.26 Å². The second kappa shape index (κ2) is 8.30. The lowest BCUT2D eigenvalue weighted by atomic mass is 9.68. The second-order valence-corrected chi connectivity index (χ2v) is 8.15. The van der Waals surface area contributed by atoms with E-state index in [0.29, 0.717) is 0 Å². The first-order chi connectivity index (χ1) is 12.1. The Hall–Kier alpha value is -1.43. The molecule has 2 fully saturated rings. The van der Waals surface area contributed by atoms with E-state index in [1.165, 1.54) is 63.5 Å². The van der Waals surface area contributed by atoms with Gasteiger partial charge in [-0.25, -0.2) is 8.78 Å². The Kier molecular flexibility index (Phi) is 6.10. The molecule has 3 rings (SSSR count). The highest BCUT2D eigenvalue weighted by Gasteiger charge is 2.31. The Bertz CT molecular complexity index is 594. The number of nitrogens with zero attached hydrogens (tertiary/aromatic N) is 1. The zero-order valence-corrected chi connectivity index (χ0v) is 15.2. The van der Waals surface area contributed by atoms with Crippen molar-refractivity contribution < 1.29 is 8.78 Å². The Balaban J connectivity index is 1.55. The minimum atomic E-state index is -0.714. The van der Waals surface area contributed by atoms with Crippen molar-refractivity contribution >= 4 is 0 Å². The van der Waals surface area contributed by atoms with Gasteiger partial charge in [-0.3, -0.25) is 0 Å². The van der Waals surface area contributed by atoms with Crippen molar-refractivity contribution in [2.75, 3.05) is 0 Å². The van der Waals surface area contributed by atoms with Crippen molar-refractivity contribution in [3.8, 4) is 6.07 Å². The smallest absolute Gasteiger partial charge is 0.144 e. The maximum absolute atomic E-state index is 13.9. The summed E-state index contributed by atoms with van der Waals surface area (Å²) in [6.45, 7) is 2.28. The fourth-order valence-corrected chi connectivity index (χ4v) is 5.22. The summed E-state index contributed by atoms with van der Waals surface area (Å²) in [5.41, 5.74) is 0.278. The number of halogens is 2. The van der Waals surface area contributed by atoms with Gasteiger partial charge in [-0.1, -0.05) is 32.6 Å². The Labute approximate surface area is 150 Å². The van der Waals surface area contributed by atoms with Crippen LogP contribution in [0, 0.1) is 40.7 Å². The third-order valence-corrected chi connectivity index (χ3v) is 6.67. The summed E-state index contributed by atoms with van der Waals surface area (Å²) < 4.78 is 27.7. The normalized spacial score (nSPS) is 30.0. The van der Waals surface area contributed by atoms with Gasteiger partial charge in [-0.2, -0.15) is 5.26 Å². The zero-order chi connectivity index (χ0) is 17.8. The maximum atomic E-state index is 13.9. The highest BCUT2D eigenvalue weighted by Crippen LogP contribution is 2.44. The van der Waals surface area contributed by atoms with Gasteiger partial charge in [0.1, 0.15) is 23.3 Å². The summed E-state index contributed by atoms with van der Waals surface area (Å²) in [4.78, 5) is 0. The molecule has 0 aromatic heterocycles. The summed E-state index contributed by atoms with van der Waals surface area (Å²) in [5.74, 6) is 1.42. The van der Waals surface area contributed by atoms with E-state index in [0.717, 1.165) is 36.2 Å². The Morgan fingerprint density at radius 1 is 0.920 bits per heavy atom. The SMILES string of the molecule is CCC[C@H]1CC[C@H](C2CCC(c3cc(F)c(C#N)c(F)c3)CC2)CC1. The van der Waals surface area contributed by atoms with E-state index in [-0.39, 0.29) is 5.92 Å². The van der Waals surface area contributed by atoms with E-state index >= 15 is 0 Å². The lowest BCUT2D eigenvalue weighted by molar-refractivity contribution is 0.156. The Morgan fingerprint density at radius 2 is 1.44 bits per heavy atom. The van der Waals surface area contributed by atoms with Crippen molar-refractivity contribution in [1.29, 1.82) is 5.26 Å². The molecule has 25 heavy (non-hydrogen) atoms. The molecule has 136 valence electrons. The van der Waals surface area contributed by atoms with Crippen LogP contribution >= 0.6 is 0 Å². The van der Waals surface area contributed by atoms with Gasteiger partial charge in [0.2, 0.25) is 0 Å². The van der Waals surface area contributed by atoms with Gasteiger partial charge in [0, 0.05) is 0 Å². The van der Waals surface area contributed by atoms with Crippen LogP contribution in [-0.2, 0) is 0 Å². The fraction of sp³-hybridized carbons (Fsp3) is 0.682. The fourth-order valence-electron chi connectivity index (χ4n) is 5.22. The lowest BCUT2D eigenvalue weighted by Gasteiger charge is -2.38. The van der Waals surface area contributed by atoms with Crippen molar-refractivity contribution in [2.24, 2.45) is 17.8 Å². The molecule has 2 saturated carbocycles. The lowest BCUT2D eigenvalue weighted by Crippen LogP contribution is -2.25. The number of benzene rings is 1. The third-order valence-electron chi connectivity index (χ3n) is 6.67. The number of hydrogen-bond acceptors (Lipinski definition) is 1. The van der Waals surface area contributed by atoms with Gasteiger partial charge >= 0.3 is 0 Å². The molecule has 1 aromatic rings. The number of rotatable bonds is 4. The summed E-state index contributed by atoms with van der Waals surface area (Å²) in [5, 5.41) is 8.80. The molecule has 2 aliphatic carbocycles. The van der Waals surface area contributed by atoms with E-state index in [2.05, 4.69) is 6.92 Å². The third kappa shape index (κ3) is 4.22. The van der Waals surface area contributed by atoms with Crippen LogP contribution < -0.4 is 0 Å². The second-order valence-electron chi connectivity index (χ2n) is 8.15. The summed E-state index contributed by atoms with van der Waals surface area (Å²) in [6, 6.07) is 4.36. The van der Waals surface area contributed by atoms with Gasteiger partial charge in [0.15, 0.2) is 0 Å². The molecule has 3 heteroatoms. The van der Waals surface area contributed by atoms with Gasteiger partial charge in [-0.05, 0) is 79.9 Å². The molecule has 0 bridgehead atoms. The molecule has 0 spiro atoms. The monoisotopic (exact) mass is 345 g/mol. The van der Waals surface area contributed by atoms with Crippen LogP contribution in [0.3, 0.4) is 0 Å². The Morgan fingerprint density at radius 3 is 1.92 bits per heavy atom. The average molecular weight is 345 g/mol. The minimum Gasteiger partial charge on any atom is -0.205 e. The van der Waals surface area contributed by atoms with Crippen LogP contribution in [0.25, 0.3) is 0 Å². The number of hydrogen-bond donors (Lipinski definition) is 0. The zero-order valence-electron chi connectivity index (χ0n) is 15.2. The molecule has 0 saturated heterocycles. The standard InChI is InChI=1S/C22H29F2N/c1-2-3-15-4-6-16(7-5-15)17-8-10-18(11-9-17)19-12-21(23)20(14-25)22(24)13-19/h12-13,15-18H,2-11H2,1H3/t15-,16-,17?,18?. The molecule has 0 N–H and O–H groups in total. The highest BCUT2D eigenvalue weighted by atomic mass is 19.1. The van der Waals surface area contributed by atoms with Crippen LogP contribution in [0.1, 0.15) is 88.2 Å². The van der Waals surface area contributed by atoms with Crippen LogP contribution in [0.5, 0.6) is 0 Å². The molecular formula is C22H29F2N. The topological polar surface area (TPSA) is 23.8 Å². The number of nitriles is 1. The molecular weight excluding hydrogens is 316 g/mol. The first-order valence-corrected chi connectivity index (χ1v) is 10.0. The maximum Gasteiger partial charge on any atom is 0.144 e. The average Bonchev–Trinajstić information content (AvgIpc) is 2.62. The quantitative estimate of drug-likeness (QED) is 0.594. The molecule has 0 aliphatic heterocycles. The molecule has 0 radical (unpaired) electrons. The van der Waals surface area contributed by atoms with Gasteiger partial charge in [0.05, 0.1) is 0 Å². The summed E-state index contributed by atoms with van der Waals surface area (Å²) >= 11 is 0. The van der Waals surface area contributed by atoms with E-state index in [9.17, 15) is 8.78 Å². The van der Waals surface area contributed by atoms with Gasteiger partial charge < -0.3 is 0 Å². The van der Waals surface area contributed by atoms with Gasteiger partial charge in [-0.15, -0.1) is 0 Å². The van der Waals surface area contributed by atoms with Crippen LogP contribution in [0.4, 0.5) is 8.78 Å². The molecule has 0 amide bonds. The largest absolute Gasteiger partial charge is 0.205 e. The van der Waals surface area contributed by atoms with Crippen molar-refractivity contribution in [3.63, 3.8) is 0 Å². The predicted molar refractivity (Wildman–Crippen MR) is 96.1 cm³/mol. The van der Waals surface area contributed by atoms with Gasteiger partial charge in [0.25, 0.3) is 0 Å².